The van der Waals surface area contributed by atoms with Crippen molar-refractivity contribution in [1.29, 1.82) is 0 Å². The molecule has 1 N–H and O–H groups in total. The molecule has 42 heavy (non-hydrogen) atoms. The van der Waals surface area contributed by atoms with Crippen LogP contribution < -0.4 is 10.1 Å². The Kier molecular flexibility index (Phi) is 10.2. The molecule has 3 aromatic rings. The van der Waals surface area contributed by atoms with Gasteiger partial charge in [0, 0.05) is 26.5 Å². The molecule has 0 unspecified atom stereocenters. The van der Waals surface area contributed by atoms with Gasteiger partial charge < -0.3 is 19.5 Å². The molecule has 0 amide bonds. The van der Waals surface area contributed by atoms with Gasteiger partial charge in [0.25, 0.3) is 0 Å². The smallest absolute Gasteiger partial charge is 0.165 e. The highest BCUT2D eigenvalue weighted by atomic mass is 19.1. The number of fused-ring (bicyclic) bond motifs is 1. The molecule has 0 radical (unpaired) electrons. The number of halogens is 1. The summed E-state index contributed by atoms with van der Waals surface area (Å²) in [5, 5.41) is 3.59. The number of aryl methyl sites for hydroxylation is 1. The largest absolute Gasteiger partial charge is 0.489 e. The Labute approximate surface area is 248 Å². The van der Waals surface area contributed by atoms with Crippen molar-refractivity contribution in [1.82, 2.24) is 0 Å². The van der Waals surface area contributed by atoms with Crippen LogP contribution in [-0.4, -0.2) is 27.1 Å². The van der Waals surface area contributed by atoms with Gasteiger partial charge in [-0.25, -0.2) is 0 Å². The fraction of sp³-hybridized carbons (Fsp3) is 0.270. The Morgan fingerprint density at radius 2 is 1.76 bits per heavy atom. The molecule has 0 heterocycles. The molecule has 0 saturated carbocycles. The van der Waals surface area contributed by atoms with Crippen LogP contribution in [0.1, 0.15) is 47.9 Å². The van der Waals surface area contributed by atoms with Gasteiger partial charge in [0.1, 0.15) is 12.4 Å². The Bertz CT molecular complexity index is 1530. The van der Waals surface area contributed by atoms with E-state index in [1.807, 2.05) is 30.4 Å². The number of ether oxygens (including phenoxy) is 3. The van der Waals surface area contributed by atoms with Gasteiger partial charge >= 0.3 is 0 Å². The Balaban J connectivity index is 1.41. The highest BCUT2D eigenvalue weighted by molar-refractivity contribution is 5.89. The second kappa shape index (κ2) is 14.7. The van der Waals surface area contributed by atoms with Gasteiger partial charge in [0.05, 0.1) is 0 Å². The summed E-state index contributed by atoms with van der Waals surface area (Å²) in [5.41, 5.74) is 11.8. The van der Waals surface area contributed by atoms with Gasteiger partial charge in [0.15, 0.2) is 12.1 Å². The second-order valence-electron chi connectivity index (χ2n) is 10.5. The first-order chi connectivity index (χ1) is 20.6. The van der Waals surface area contributed by atoms with E-state index in [9.17, 15) is 4.39 Å². The van der Waals surface area contributed by atoms with Gasteiger partial charge in [-0.2, -0.15) is 4.39 Å². The fourth-order valence-corrected chi connectivity index (χ4v) is 5.48. The van der Waals surface area contributed by atoms with Crippen molar-refractivity contribution in [2.24, 2.45) is 0 Å². The molecule has 0 saturated heterocycles. The van der Waals surface area contributed by atoms with Crippen LogP contribution in [0.15, 0.2) is 120 Å². The number of hydrogen-bond acceptors (Lipinski definition) is 4. The van der Waals surface area contributed by atoms with Crippen molar-refractivity contribution in [2.45, 2.75) is 45.0 Å². The lowest BCUT2D eigenvalue weighted by Gasteiger charge is -2.26. The minimum atomic E-state index is -0.367. The van der Waals surface area contributed by atoms with Crippen molar-refractivity contribution >= 4 is 11.3 Å². The lowest BCUT2D eigenvalue weighted by atomic mass is 9.79. The number of rotatable bonds is 13. The van der Waals surface area contributed by atoms with Crippen molar-refractivity contribution in [3.63, 3.8) is 0 Å². The van der Waals surface area contributed by atoms with E-state index in [0.717, 1.165) is 66.8 Å². The van der Waals surface area contributed by atoms with Crippen molar-refractivity contribution in [3.05, 3.63) is 142 Å². The van der Waals surface area contributed by atoms with Crippen LogP contribution in [0.25, 0.3) is 5.57 Å². The predicted octanol–water partition coefficient (Wildman–Crippen LogP) is 8.72. The molecule has 4 nitrogen and oxygen atoms in total. The highest BCUT2D eigenvalue weighted by Gasteiger charge is 2.23. The monoisotopic (exact) mass is 563 g/mol. The van der Waals surface area contributed by atoms with Crippen molar-refractivity contribution < 1.29 is 18.6 Å². The van der Waals surface area contributed by atoms with E-state index in [1.54, 1.807) is 20.3 Å². The van der Waals surface area contributed by atoms with Crippen LogP contribution in [0.4, 0.5) is 10.1 Å². The zero-order chi connectivity index (χ0) is 29.1. The number of hydrogen-bond donors (Lipinski definition) is 1. The summed E-state index contributed by atoms with van der Waals surface area (Å²) < 4.78 is 30.8. The summed E-state index contributed by atoms with van der Waals surface area (Å²) in [6.45, 7) is 1.39. The molecular formula is C37H38FNO3. The van der Waals surface area contributed by atoms with Gasteiger partial charge in [-0.1, -0.05) is 60.3 Å². The van der Waals surface area contributed by atoms with Gasteiger partial charge in [-0.05, 0) is 114 Å². The molecule has 0 fully saturated rings. The summed E-state index contributed by atoms with van der Waals surface area (Å²) in [6.07, 6.45) is 11.4. The lowest BCUT2D eigenvalue weighted by Crippen LogP contribution is -2.13. The standard InChI is InChI=1S/C37H38FNO3/c1-40-36(41-2)16-6-7-23-39-32-15-9-13-30(24-32)37-34(28-12-8-14-31(38)19-17-28)21-18-29-25-33(20-22-35(29)37)42-26-27-10-4-3-5-11-27/h3-5,8-13,15,17,19-20,22,24-25,36,39H,6-7,16,18,21,23,26H2,1-2H3. The minimum Gasteiger partial charge on any atom is -0.489 e. The zero-order valence-corrected chi connectivity index (χ0v) is 24.4. The number of nitrogens with one attached hydrogen (secondary N) is 1. The zero-order valence-electron chi connectivity index (χ0n) is 24.4. The van der Waals surface area contributed by atoms with Crippen LogP contribution in [0.2, 0.25) is 0 Å². The molecule has 0 spiro atoms. The van der Waals surface area contributed by atoms with Gasteiger partial charge in [-0.15, -0.1) is 0 Å². The summed E-state index contributed by atoms with van der Waals surface area (Å²) in [6, 6.07) is 25.2. The molecule has 0 atom stereocenters. The van der Waals surface area contributed by atoms with Crippen LogP contribution in [0.5, 0.6) is 5.75 Å². The van der Waals surface area contributed by atoms with Crippen LogP contribution >= 0.6 is 0 Å². The van der Waals surface area contributed by atoms with E-state index in [0.29, 0.717) is 6.61 Å². The Hall–Kier alpha value is -4.15. The highest BCUT2D eigenvalue weighted by Crippen LogP contribution is 2.41. The summed E-state index contributed by atoms with van der Waals surface area (Å²) >= 11 is 0. The molecule has 216 valence electrons. The van der Waals surface area contributed by atoms with E-state index in [2.05, 4.69) is 65.6 Å². The third kappa shape index (κ3) is 7.57. The Morgan fingerprint density at radius 1 is 0.905 bits per heavy atom. The number of allylic oxidation sites excluding steroid dienone is 6. The minimum absolute atomic E-state index is 0.153. The maximum Gasteiger partial charge on any atom is 0.165 e. The van der Waals surface area contributed by atoms with E-state index < -0.39 is 0 Å². The molecule has 3 aromatic carbocycles. The van der Waals surface area contributed by atoms with Crippen LogP contribution in [0.3, 0.4) is 0 Å². The molecule has 5 heteroatoms. The summed E-state index contributed by atoms with van der Waals surface area (Å²) in [7, 11) is 3.35. The van der Waals surface area contributed by atoms with E-state index in [1.165, 1.54) is 28.3 Å². The molecule has 5 rings (SSSR count). The van der Waals surface area contributed by atoms with Gasteiger partial charge in [-0.3, -0.25) is 0 Å². The number of methoxy groups -OCH3 is 2. The third-order valence-corrected chi connectivity index (χ3v) is 7.66. The maximum atomic E-state index is 14.0. The first kappa shape index (κ1) is 29.3. The lowest BCUT2D eigenvalue weighted by molar-refractivity contribution is -0.107. The Morgan fingerprint density at radius 3 is 2.60 bits per heavy atom. The van der Waals surface area contributed by atoms with Gasteiger partial charge in [0.2, 0.25) is 0 Å². The van der Waals surface area contributed by atoms with E-state index >= 15 is 0 Å². The molecular weight excluding hydrogens is 525 g/mol. The average molecular weight is 564 g/mol. The SMILES string of the molecule is COC(CCCCNc1cccc(C2=C(C3=CC=C=C(F)C=C3)CCc3cc(OCc4ccccc4)ccc32)c1)OC. The molecule has 2 aliphatic rings. The summed E-state index contributed by atoms with van der Waals surface area (Å²) in [5.74, 6) is 0.496. The van der Waals surface area contributed by atoms with Crippen molar-refractivity contribution in [2.75, 3.05) is 26.1 Å². The summed E-state index contributed by atoms with van der Waals surface area (Å²) in [4.78, 5) is 0. The number of benzene rings is 3. The molecule has 0 bridgehead atoms. The number of anilines is 1. The number of unbranched alkanes of at least 4 members (excludes halogenated alkanes) is 1. The topological polar surface area (TPSA) is 39.7 Å². The van der Waals surface area contributed by atoms with Crippen molar-refractivity contribution in [3.8, 4) is 5.75 Å². The normalized spacial score (nSPS) is 14.4. The van der Waals surface area contributed by atoms with Crippen LogP contribution in [-0.2, 0) is 22.5 Å². The van der Waals surface area contributed by atoms with E-state index in [4.69, 9.17) is 14.2 Å². The average Bonchev–Trinajstić information content (AvgIpc) is 3.26. The first-order valence-electron chi connectivity index (χ1n) is 14.6. The maximum absolute atomic E-state index is 14.0. The predicted molar refractivity (Wildman–Crippen MR) is 168 cm³/mol. The molecule has 0 aromatic heterocycles. The molecule has 0 aliphatic heterocycles. The molecule has 2 aliphatic carbocycles. The second-order valence-corrected chi connectivity index (χ2v) is 10.5. The van der Waals surface area contributed by atoms with Crippen LogP contribution in [0, 0.1) is 0 Å². The fourth-order valence-electron chi connectivity index (χ4n) is 5.48. The van der Waals surface area contributed by atoms with E-state index in [-0.39, 0.29) is 12.1 Å². The quantitative estimate of drug-likeness (QED) is 0.128. The first-order valence-corrected chi connectivity index (χ1v) is 14.6. The third-order valence-electron chi connectivity index (χ3n) is 7.66.